The Kier molecular flexibility index (Phi) is 7.52. The number of halogens is 4. The monoisotopic (exact) mass is 577 g/mol. The average Bonchev–Trinajstić information content (AvgIpc) is 2.90. The summed E-state index contributed by atoms with van der Waals surface area (Å²) >= 11 is 0. The molecule has 1 aromatic heterocycles. The van der Waals surface area contributed by atoms with E-state index in [2.05, 4.69) is 17.4 Å². The third-order valence-corrected chi connectivity index (χ3v) is 7.13. The fraction of sp³-hybridized carbons (Fsp3) is 0.148. The lowest BCUT2D eigenvalue weighted by Gasteiger charge is -2.15. The molecule has 3 aromatic carbocycles. The van der Waals surface area contributed by atoms with Crippen LogP contribution in [0.15, 0.2) is 58.2 Å². The number of rotatable bonds is 9. The lowest BCUT2D eigenvalue weighted by atomic mass is 10.0. The van der Waals surface area contributed by atoms with Crippen LogP contribution in [0.25, 0.3) is 28.1 Å². The highest BCUT2D eigenvalue weighted by atomic mass is 32.2. The maximum absolute atomic E-state index is 14.9. The summed E-state index contributed by atoms with van der Waals surface area (Å²) < 4.78 is 94.7. The first kappa shape index (κ1) is 28.5. The van der Waals surface area contributed by atoms with Crippen molar-refractivity contribution in [3.8, 4) is 0 Å². The number of benzene rings is 3. The van der Waals surface area contributed by atoms with Crippen LogP contribution < -0.4 is 15.2 Å². The molecule has 0 atom stereocenters. The van der Waals surface area contributed by atoms with Gasteiger partial charge in [-0.05, 0) is 24.8 Å². The topological polar surface area (TPSA) is 109 Å². The Bertz CT molecular complexity index is 1860. The number of ketones is 1. The summed E-state index contributed by atoms with van der Waals surface area (Å²) in [6.45, 7) is 7.96. The Morgan fingerprint density at radius 2 is 1.52 bits per heavy atom. The predicted octanol–water partition coefficient (Wildman–Crippen LogP) is 3.74. The number of Topliss-reactive ketones (excluding diaryl/α,β-unsaturated/α-hetero) is 1. The molecule has 13 heteroatoms. The SMILES string of the molecule is C=C(C)C(=O)OCCCC(=O)c1c(F)c(F)c(S(=O)(=O)On2c(=C)c3cccc4cccc(c2=O)c43)c(F)c1F. The van der Waals surface area contributed by atoms with E-state index in [1.165, 1.54) is 25.1 Å². The Morgan fingerprint density at radius 3 is 2.10 bits per heavy atom. The number of pyridine rings is 1. The summed E-state index contributed by atoms with van der Waals surface area (Å²) in [6, 6.07) is 9.30. The first-order valence-corrected chi connectivity index (χ1v) is 12.9. The maximum Gasteiger partial charge on any atom is 0.363 e. The molecule has 0 N–H and O–H groups in total. The van der Waals surface area contributed by atoms with Crippen LogP contribution in [-0.4, -0.2) is 31.5 Å². The average molecular weight is 578 g/mol. The van der Waals surface area contributed by atoms with E-state index in [0.717, 1.165) is 0 Å². The van der Waals surface area contributed by atoms with Crippen LogP contribution in [0.3, 0.4) is 0 Å². The molecule has 40 heavy (non-hydrogen) atoms. The molecule has 0 fully saturated rings. The van der Waals surface area contributed by atoms with Crippen LogP contribution in [0.5, 0.6) is 0 Å². The summed E-state index contributed by atoms with van der Waals surface area (Å²) in [6.07, 6.45) is -0.970. The summed E-state index contributed by atoms with van der Waals surface area (Å²) in [5.41, 5.74) is -2.68. The van der Waals surface area contributed by atoms with Crippen molar-refractivity contribution >= 4 is 50.0 Å². The highest BCUT2D eigenvalue weighted by Gasteiger charge is 2.37. The first-order chi connectivity index (χ1) is 18.8. The molecule has 0 saturated carbocycles. The van der Waals surface area contributed by atoms with Gasteiger partial charge in [-0.1, -0.05) is 43.5 Å². The van der Waals surface area contributed by atoms with E-state index in [0.29, 0.717) is 10.8 Å². The second-order valence-corrected chi connectivity index (χ2v) is 10.2. The van der Waals surface area contributed by atoms with Gasteiger partial charge < -0.3 is 4.74 Å². The van der Waals surface area contributed by atoms with Crippen molar-refractivity contribution in [2.24, 2.45) is 0 Å². The fourth-order valence-electron chi connectivity index (χ4n) is 4.04. The van der Waals surface area contributed by atoms with Gasteiger partial charge in [0.2, 0.25) is 0 Å². The predicted molar refractivity (Wildman–Crippen MR) is 136 cm³/mol. The second kappa shape index (κ2) is 10.6. The quantitative estimate of drug-likeness (QED) is 0.0745. The van der Waals surface area contributed by atoms with Crippen LogP contribution in [-0.2, 0) is 19.6 Å². The van der Waals surface area contributed by atoms with Crippen molar-refractivity contribution < 1.29 is 44.6 Å². The number of hydrogen-bond acceptors (Lipinski definition) is 7. The van der Waals surface area contributed by atoms with Crippen LogP contribution in [0.4, 0.5) is 17.6 Å². The Hall–Kier alpha value is -4.52. The molecule has 0 aliphatic rings. The molecule has 208 valence electrons. The second-order valence-electron chi connectivity index (χ2n) is 8.69. The largest absolute Gasteiger partial charge is 0.462 e. The van der Waals surface area contributed by atoms with Gasteiger partial charge in [0.1, 0.15) is 0 Å². The fourth-order valence-corrected chi connectivity index (χ4v) is 5.08. The van der Waals surface area contributed by atoms with Crippen LogP contribution in [0.2, 0.25) is 0 Å². The van der Waals surface area contributed by atoms with Crippen molar-refractivity contribution in [3.05, 3.63) is 93.1 Å². The molecule has 0 aliphatic heterocycles. The molecule has 0 radical (unpaired) electrons. The number of carbonyl (C=O) groups is 2. The Balaban J connectivity index is 1.72. The molecular weight excluding hydrogens is 558 g/mol. The molecular formula is C27H19F4NO7S. The molecule has 0 aliphatic carbocycles. The smallest absolute Gasteiger partial charge is 0.363 e. The zero-order valence-corrected chi connectivity index (χ0v) is 21.5. The highest BCUT2D eigenvalue weighted by Crippen LogP contribution is 2.29. The molecule has 0 amide bonds. The molecule has 4 rings (SSSR count). The number of hydrogen-bond donors (Lipinski definition) is 0. The van der Waals surface area contributed by atoms with Crippen LogP contribution in [0, 0.1) is 23.3 Å². The van der Waals surface area contributed by atoms with Gasteiger partial charge in [-0.3, -0.25) is 13.9 Å². The molecule has 1 heterocycles. The molecule has 0 saturated heterocycles. The van der Waals surface area contributed by atoms with Gasteiger partial charge in [-0.2, -0.15) is 8.42 Å². The Morgan fingerprint density at radius 1 is 0.950 bits per heavy atom. The molecule has 8 nitrogen and oxygen atoms in total. The zero-order chi connectivity index (χ0) is 29.5. The third kappa shape index (κ3) is 4.83. The summed E-state index contributed by atoms with van der Waals surface area (Å²) in [5.74, 6) is -11.7. The highest BCUT2D eigenvalue weighted by molar-refractivity contribution is 7.87. The van der Waals surface area contributed by atoms with Gasteiger partial charge in [-0.15, -0.1) is 4.73 Å². The van der Waals surface area contributed by atoms with Gasteiger partial charge in [-0.25, -0.2) is 22.4 Å². The summed E-state index contributed by atoms with van der Waals surface area (Å²) in [7, 11) is -5.75. The minimum Gasteiger partial charge on any atom is -0.462 e. The molecule has 0 spiro atoms. The molecule has 0 bridgehead atoms. The van der Waals surface area contributed by atoms with Crippen molar-refractivity contribution in [2.75, 3.05) is 6.61 Å². The van der Waals surface area contributed by atoms with Gasteiger partial charge in [0.15, 0.2) is 33.9 Å². The standard InChI is InChI=1S/C27H19F4NO7S/c1-13(2)27(35)38-12-6-11-18(33)20-21(28)23(30)25(24(31)22(20)29)40(36,37)39-32-14(3)16-9-4-7-15-8-5-10-17(19(15)16)26(32)34/h4-5,7-10H,1,3,6,11-12H2,2H3. The van der Waals surface area contributed by atoms with Gasteiger partial charge in [0.05, 0.1) is 22.9 Å². The first-order valence-electron chi connectivity index (χ1n) is 11.5. The number of nitrogens with zero attached hydrogens (tertiary/aromatic N) is 1. The minimum absolute atomic E-state index is 0.0242. The van der Waals surface area contributed by atoms with Gasteiger partial charge in [0, 0.05) is 22.8 Å². The van der Waals surface area contributed by atoms with E-state index < -0.39 is 67.6 Å². The van der Waals surface area contributed by atoms with Crippen LogP contribution >= 0.6 is 0 Å². The number of ether oxygens (including phenoxy) is 1. The van der Waals surface area contributed by atoms with E-state index in [1.807, 2.05) is 0 Å². The van der Waals surface area contributed by atoms with Crippen molar-refractivity contribution in [1.82, 2.24) is 4.73 Å². The summed E-state index contributed by atoms with van der Waals surface area (Å²) in [5, 5.41) is 0.949. The lowest BCUT2D eigenvalue weighted by Crippen LogP contribution is -2.41. The number of esters is 1. The Labute approximate surface area is 223 Å². The van der Waals surface area contributed by atoms with E-state index >= 15 is 0 Å². The van der Waals surface area contributed by atoms with Crippen molar-refractivity contribution in [2.45, 2.75) is 24.7 Å². The van der Waals surface area contributed by atoms with Crippen molar-refractivity contribution in [3.63, 3.8) is 0 Å². The third-order valence-electron chi connectivity index (χ3n) is 5.93. The normalized spacial score (nSPS) is 11.6. The molecule has 0 unspecified atom stereocenters. The van der Waals surface area contributed by atoms with E-state index in [-0.39, 0.29) is 39.5 Å². The number of aromatic nitrogens is 1. The molecule has 4 aromatic rings. The van der Waals surface area contributed by atoms with E-state index in [4.69, 9.17) is 4.74 Å². The minimum atomic E-state index is -5.75. The maximum atomic E-state index is 14.9. The number of carbonyl (C=O) groups excluding carboxylic acids is 2. The summed E-state index contributed by atoms with van der Waals surface area (Å²) in [4.78, 5) is 34.5. The zero-order valence-electron chi connectivity index (χ0n) is 20.7. The van der Waals surface area contributed by atoms with Crippen LogP contribution in [0.1, 0.15) is 30.1 Å². The van der Waals surface area contributed by atoms with E-state index in [9.17, 15) is 40.4 Å². The lowest BCUT2D eigenvalue weighted by molar-refractivity contribution is -0.139. The van der Waals surface area contributed by atoms with Gasteiger partial charge in [0.25, 0.3) is 5.56 Å². The van der Waals surface area contributed by atoms with E-state index in [1.54, 1.807) is 18.2 Å². The van der Waals surface area contributed by atoms with Gasteiger partial charge >= 0.3 is 16.1 Å². The van der Waals surface area contributed by atoms with Crippen molar-refractivity contribution in [1.29, 1.82) is 0 Å².